The van der Waals surface area contributed by atoms with Gasteiger partial charge in [-0.25, -0.2) is 9.97 Å². The highest BCUT2D eigenvalue weighted by atomic mass is 32.1. The van der Waals surface area contributed by atoms with Gasteiger partial charge in [-0.1, -0.05) is 13.8 Å². The molecule has 0 unspecified atom stereocenters. The molecule has 0 amide bonds. The fourth-order valence-corrected chi connectivity index (χ4v) is 3.48. The van der Waals surface area contributed by atoms with Crippen molar-refractivity contribution in [3.63, 3.8) is 0 Å². The van der Waals surface area contributed by atoms with E-state index in [0.29, 0.717) is 0 Å². The highest BCUT2D eigenvalue weighted by molar-refractivity contribution is 7.18. The second-order valence-corrected chi connectivity index (χ2v) is 6.47. The van der Waals surface area contributed by atoms with E-state index in [9.17, 15) is 0 Å². The number of nitrogens with zero attached hydrogens (tertiary/aromatic N) is 3. The van der Waals surface area contributed by atoms with Crippen LogP contribution >= 0.6 is 22.7 Å². The topological polar surface area (TPSA) is 50.7 Å². The summed E-state index contributed by atoms with van der Waals surface area (Å²) in [5.41, 5.74) is 1.81. The van der Waals surface area contributed by atoms with Crippen LogP contribution in [0.25, 0.3) is 20.9 Å². The van der Waals surface area contributed by atoms with E-state index >= 15 is 0 Å². The molecule has 0 aliphatic heterocycles. The number of hydrogen-bond donors (Lipinski definition) is 1. The van der Waals surface area contributed by atoms with Crippen LogP contribution in [0.15, 0.2) is 17.8 Å². The molecule has 104 valence electrons. The van der Waals surface area contributed by atoms with Gasteiger partial charge in [0.05, 0.1) is 15.8 Å². The molecular formula is C14H16N4S2. The van der Waals surface area contributed by atoms with E-state index in [-0.39, 0.29) is 0 Å². The number of aryl methyl sites for hydroxylation is 1. The summed E-state index contributed by atoms with van der Waals surface area (Å²) in [6, 6.07) is 2.20. The highest BCUT2D eigenvalue weighted by Gasteiger charge is 2.13. The Morgan fingerprint density at radius 2 is 2.15 bits per heavy atom. The van der Waals surface area contributed by atoms with Crippen LogP contribution in [0.4, 0.5) is 5.82 Å². The smallest absolute Gasteiger partial charge is 0.174 e. The third kappa shape index (κ3) is 2.53. The van der Waals surface area contributed by atoms with Crippen LogP contribution in [-0.4, -0.2) is 21.5 Å². The van der Waals surface area contributed by atoms with Gasteiger partial charge in [0.1, 0.15) is 10.6 Å². The Morgan fingerprint density at radius 3 is 2.85 bits per heavy atom. The Balaban J connectivity index is 2.13. The van der Waals surface area contributed by atoms with E-state index in [1.807, 2.05) is 11.7 Å². The Hall–Kier alpha value is -1.53. The highest BCUT2D eigenvalue weighted by Crippen LogP contribution is 2.32. The van der Waals surface area contributed by atoms with Gasteiger partial charge in [0.15, 0.2) is 5.82 Å². The van der Waals surface area contributed by atoms with Crippen molar-refractivity contribution in [1.82, 2.24) is 15.0 Å². The molecule has 0 fully saturated rings. The summed E-state index contributed by atoms with van der Waals surface area (Å²) < 4.78 is 0. The molecule has 0 aromatic carbocycles. The molecule has 0 bridgehead atoms. The minimum absolute atomic E-state index is 0.767. The molecule has 3 aromatic rings. The monoisotopic (exact) mass is 304 g/mol. The minimum atomic E-state index is 0.767. The average molecular weight is 304 g/mol. The van der Waals surface area contributed by atoms with Crippen molar-refractivity contribution in [3.05, 3.63) is 22.7 Å². The van der Waals surface area contributed by atoms with Gasteiger partial charge in [-0.2, -0.15) is 0 Å². The van der Waals surface area contributed by atoms with Crippen molar-refractivity contribution in [2.45, 2.75) is 26.7 Å². The SMILES string of the molecule is CCCNc1nc(-c2cncs2)nc2sc(CC)cc12. The molecule has 0 aliphatic carbocycles. The summed E-state index contributed by atoms with van der Waals surface area (Å²) in [4.78, 5) is 16.9. The predicted molar refractivity (Wildman–Crippen MR) is 86.7 cm³/mol. The maximum atomic E-state index is 4.69. The number of anilines is 1. The minimum Gasteiger partial charge on any atom is -0.369 e. The second kappa shape index (κ2) is 5.85. The molecule has 6 heteroatoms. The van der Waals surface area contributed by atoms with Crippen LogP contribution in [0, 0.1) is 0 Å². The van der Waals surface area contributed by atoms with Crippen LogP contribution in [-0.2, 0) is 6.42 Å². The van der Waals surface area contributed by atoms with Crippen LogP contribution in [0.1, 0.15) is 25.1 Å². The zero-order valence-corrected chi connectivity index (χ0v) is 13.1. The third-order valence-corrected chi connectivity index (χ3v) is 4.93. The Kier molecular flexibility index (Phi) is 3.93. The number of nitrogens with one attached hydrogen (secondary N) is 1. The van der Waals surface area contributed by atoms with Gasteiger partial charge in [0.2, 0.25) is 0 Å². The van der Waals surface area contributed by atoms with E-state index in [1.54, 1.807) is 22.7 Å². The largest absolute Gasteiger partial charge is 0.369 e. The van der Waals surface area contributed by atoms with Crippen molar-refractivity contribution in [2.24, 2.45) is 0 Å². The Bertz CT molecular complexity index is 703. The van der Waals surface area contributed by atoms with E-state index < -0.39 is 0 Å². The van der Waals surface area contributed by atoms with Crippen molar-refractivity contribution in [2.75, 3.05) is 11.9 Å². The summed E-state index contributed by atoms with van der Waals surface area (Å²) in [7, 11) is 0. The molecule has 0 radical (unpaired) electrons. The molecular weight excluding hydrogens is 288 g/mol. The molecule has 4 nitrogen and oxygen atoms in total. The summed E-state index contributed by atoms with van der Waals surface area (Å²) in [5, 5.41) is 4.55. The summed E-state index contributed by atoms with van der Waals surface area (Å²) in [5.74, 6) is 1.71. The lowest BCUT2D eigenvalue weighted by Crippen LogP contribution is -2.03. The molecule has 0 atom stereocenters. The second-order valence-electron chi connectivity index (χ2n) is 4.47. The predicted octanol–water partition coefficient (Wildman–Crippen LogP) is 4.20. The molecule has 0 aliphatic rings. The van der Waals surface area contributed by atoms with Crippen molar-refractivity contribution < 1.29 is 0 Å². The first kappa shape index (κ1) is 13.5. The lowest BCUT2D eigenvalue weighted by atomic mass is 10.3. The average Bonchev–Trinajstić information content (AvgIpc) is 3.12. The van der Waals surface area contributed by atoms with Gasteiger partial charge in [0.25, 0.3) is 0 Å². The molecule has 0 saturated heterocycles. The van der Waals surface area contributed by atoms with E-state index in [2.05, 4.69) is 35.2 Å². The van der Waals surface area contributed by atoms with Gasteiger partial charge in [-0.3, -0.25) is 4.98 Å². The van der Waals surface area contributed by atoms with E-state index in [1.165, 1.54) is 4.88 Å². The molecule has 0 saturated carbocycles. The van der Waals surface area contributed by atoms with Gasteiger partial charge in [0, 0.05) is 17.6 Å². The Morgan fingerprint density at radius 1 is 1.25 bits per heavy atom. The van der Waals surface area contributed by atoms with Crippen molar-refractivity contribution in [3.8, 4) is 10.7 Å². The first-order valence-electron chi connectivity index (χ1n) is 6.75. The van der Waals surface area contributed by atoms with Crippen molar-refractivity contribution in [1.29, 1.82) is 0 Å². The van der Waals surface area contributed by atoms with Crippen LogP contribution in [0.5, 0.6) is 0 Å². The number of thiophene rings is 1. The number of rotatable bonds is 5. The van der Waals surface area contributed by atoms with Crippen molar-refractivity contribution >= 4 is 38.7 Å². The summed E-state index contributed by atoms with van der Waals surface area (Å²) in [6.45, 7) is 5.24. The number of hydrogen-bond acceptors (Lipinski definition) is 6. The molecule has 1 N–H and O–H groups in total. The van der Waals surface area contributed by atoms with E-state index in [0.717, 1.165) is 46.1 Å². The molecule has 0 spiro atoms. The number of fused-ring (bicyclic) bond motifs is 1. The number of aromatic nitrogens is 3. The third-order valence-electron chi connectivity index (χ3n) is 2.99. The lowest BCUT2D eigenvalue weighted by molar-refractivity contribution is 0.971. The quantitative estimate of drug-likeness (QED) is 0.767. The summed E-state index contributed by atoms with van der Waals surface area (Å²) in [6.07, 6.45) is 3.93. The van der Waals surface area contributed by atoms with Crippen LogP contribution in [0.2, 0.25) is 0 Å². The van der Waals surface area contributed by atoms with Crippen LogP contribution in [0.3, 0.4) is 0 Å². The molecule has 20 heavy (non-hydrogen) atoms. The van der Waals surface area contributed by atoms with Crippen LogP contribution < -0.4 is 5.32 Å². The fourth-order valence-electron chi connectivity index (χ4n) is 1.96. The fraction of sp³-hybridized carbons (Fsp3) is 0.357. The van der Waals surface area contributed by atoms with Gasteiger partial charge >= 0.3 is 0 Å². The molecule has 3 rings (SSSR count). The standard InChI is InChI=1S/C14H16N4S2/c1-3-5-16-12-10-6-9(4-2)20-14(10)18-13(17-12)11-7-15-8-19-11/h6-8H,3-5H2,1-2H3,(H,16,17,18). The zero-order valence-electron chi connectivity index (χ0n) is 11.5. The Labute approximate surface area is 125 Å². The van der Waals surface area contributed by atoms with Gasteiger partial charge in [-0.05, 0) is 18.9 Å². The van der Waals surface area contributed by atoms with E-state index in [4.69, 9.17) is 4.98 Å². The molecule has 3 aromatic heterocycles. The lowest BCUT2D eigenvalue weighted by Gasteiger charge is -2.06. The number of thiazole rings is 1. The summed E-state index contributed by atoms with van der Waals surface area (Å²) >= 11 is 3.32. The molecule has 3 heterocycles. The van der Waals surface area contributed by atoms with Gasteiger partial charge in [-0.15, -0.1) is 22.7 Å². The normalized spacial score (nSPS) is 11.1. The van der Waals surface area contributed by atoms with Gasteiger partial charge < -0.3 is 5.32 Å². The first-order valence-corrected chi connectivity index (χ1v) is 8.44. The zero-order chi connectivity index (χ0) is 13.9. The maximum Gasteiger partial charge on any atom is 0.174 e. The first-order chi connectivity index (χ1) is 9.81. The maximum absolute atomic E-state index is 4.69.